The lowest BCUT2D eigenvalue weighted by Crippen LogP contribution is -2.56. The molecule has 1 heterocycles. The van der Waals surface area contributed by atoms with E-state index in [9.17, 15) is 0 Å². The lowest BCUT2D eigenvalue weighted by molar-refractivity contribution is 0.0641. The average Bonchev–Trinajstić information content (AvgIpc) is 2.41. The third-order valence-corrected chi connectivity index (χ3v) is 4.89. The monoisotopic (exact) mass is 324 g/mol. The standard InChI is InChI=1S/C16H25BrN2/c1-13-4-3-9-19(11-13)16(2,12-18)10-14-5-7-15(17)8-6-14/h5-8,13H,3-4,9-12,18H2,1-2H3. The van der Waals surface area contributed by atoms with Crippen molar-refractivity contribution in [3.8, 4) is 0 Å². The molecule has 1 aromatic carbocycles. The molecule has 1 saturated heterocycles. The summed E-state index contributed by atoms with van der Waals surface area (Å²) in [6, 6.07) is 8.63. The maximum atomic E-state index is 6.11. The van der Waals surface area contributed by atoms with Gasteiger partial charge in [0, 0.05) is 23.1 Å². The second kappa shape index (κ2) is 6.38. The quantitative estimate of drug-likeness (QED) is 0.919. The van der Waals surface area contributed by atoms with Crippen LogP contribution in [0.1, 0.15) is 32.3 Å². The number of hydrogen-bond donors (Lipinski definition) is 1. The van der Waals surface area contributed by atoms with Gasteiger partial charge in [0.15, 0.2) is 0 Å². The van der Waals surface area contributed by atoms with E-state index >= 15 is 0 Å². The van der Waals surface area contributed by atoms with Gasteiger partial charge in [-0.25, -0.2) is 0 Å². The lowest BCUT2D eigenvalue weighted by atomic mass is 9.87. The van der Waals surface area contributed by atoms with Crippen LogP contribution in [0.4, 0.5) is 0 Å². The van der Waals surface area contributed by atoms with Crippen LogP contribution in [0.15, 0.2) is 28.7 Å². The van der Waals surface area contributed by atoms with Gasteiger partial charge in [-0.2, -0.15) is 0 Å². The summed E-state index contributed by atoms with van der Waals surface area (Å²) in [6.07, 6.45) is 3.69. The highest BCUT2D eigenvalue weighted by molar-refractivity contribution is 9.10. The summed E-state index contributed by atoms with van der Waals surface area (Å²) in [4.78, 5) is 2.60. The lowest BCUT2D eigenvalue weighted by Gasteiger charge is -2.45. The Labute approximate surface area is 125 Å². The van der Waals surface area contributed by atoms with E-state index in [0.29, 0.717) is 0 Å². The van der Waals surface area contributed by atoms with Crippen molar-refractivity contribution in [2.75, 3.05) is 19.6 Å². The Kier molecular flexibility index (Phi) is 5.04. The first kappa shape index (κ1) is 15.0. The number of likely N-dealkylation sites (tertiary alicyclic amines) is 1. The van der Waals surface area contributed by atoms with Gasteiger partial charge in [-0.1, -0.05) is 35.0 Å². The highest BCUT2D eigenvalue weighted by Crippen LogP contribution is 2.27. The molecule has 0 aliphatic carbocycles. The van der Waals surface area contributed by atoms with Gasteiger partial charge in [-0.3, -0.25) is 4.90 Å². The molecule has 0 aromatic heterocycles. The van der Waals surface area contributed by atoms with Crippen LogP contribution < -0.4 is 5.73 Å². The predicted molar refractivity (Wildman–Crippen MR) is 85.3 cm³/mol. The van der Waals surface area contributed by atoms with Crippen LogP contribution in [0.2, 0.25) is 0 Å². The molecule has 106 valence electrons. The molecule has 2 unspecified atom stereocenters. The Morgan fingerprint density at radius 2 is 2.05 bits per heavy atom. The van der Waals surface area contributed by atoms with E-state index in [0.717, 1.165) is 23.4 Å². The number of rotatable bonds is 4. The van der Waals surface area contributed by atoms with Crippen molar-refractivity contribution < 1.29 is 0 Å². The minimum absolute atomic E-state index is 0.0858. The summed E-state index contributed by atoms with van der Waals surface area (Å²) < 4.78 is 1.14. The van der Waals surface area contributed by atoms with Crippen LogP contribution in [0, 0.1) is 5.92 Å². The molecular weight excluding hydrogens is 300 g/mol. The second-order valence-electron chi connectivity index (χ2n) is 6.20. The molecule has 0 amide bonds. The summed E-state index contributed by atoms with van der Waals surface area (Å²) in [5.41, 5.74) is 7.57. The maximum absolute atomic E-state index is 6.11. The third kappa shape index (κ3) is 3.80. The fraction of sp³-hybridized carbons (Fsp3) is 0.625. The average molecular weight is 325 g/mol. The maximum Gasteiger partial charge on any atom is 0.0343 e. The molecule has 2 atom stereocenters. The zero-order valence-corrected chi connectivity index (χ0v) is 13.6. The number of piperidine rings is 1. The zero-order valence-electron chi connectivity index (χ0n) is 12.0. The largest absolute Gasteiger partial charge is 0.329 e. The highest BCUT2D eigenvalue weighted by atomic mass is 79.9. The van der Waals surface area contributed by atoms with Crippen molar-refractivity contribution in [3.05, 3.63) is 34.3 Å². The number of benzene rings is 1. The minimum Gasteiger partial charge on any atom is -0.329 e. The molecule has 19 heavy (non-hydrogen) atoms. The SMILES string of the molecule is CC1CCCN(C(C)(CN)Cc2ccc(Br)cc2)C1. The van der Waals surface area contributed by atoms with Crippen LogP contribution in [0.25, 0.3) is 0 Å². The number of nitrogens with two attached hydrogens (primary N) is 1. The van der Waals surface area contributed by atoms with E-state index in [1.54, 1.807) is 0 Å². The molecule has 1 fully saturated rings. The zero-order chi connectivity index (χ0) is 13.9. The van der Waals surface area contributed by atoms with Crippen molar-refractivity contribution in [1.29, 1.82) is 0 Å². The van der Waals surface area contributed by atoms with Gasteiger partial charge in [0.1, 0.15) is 0 Å². The molecule has 0 bridgehead atoms. The molecule has 1 aliphatic heterocycles. The van der Waals surface area contributed by atoms with E-state index in [4.69, 9.17) is 5.73 Å². The smallest absolute Gasteiger partial charge is 0.0343 e. The van der Waals surface area contributed by atoms with E-state index in [2.05, 4.69) is 58.9 Å². The first-order chi connectivity index (χ1) is 9.03. The first-order valence-corrected chi connectivity index (χ1v) is 8.02. The summed E-state index contributed by atoms with van der Waals surface area (Å²) in [6.45, 7) is 7.75. The first-order valence-electron chi connectivity index (χ1n) is 7.23. The van der Waals surface area contributed by atoms with Crippen LogP contribution in [0.3, 0.4) is 0 Å². The van der Waals surface area contributed by atoms with Crippen molar-refractivity contribution >= 4 is 15.9 Å². The molecule has 2 N–H and O–H groups in total. The van der Waals surface area contributed by atoms with Crippen molar-refractivity contribution in [3.63, 3.8) is 0 Å². The van der Waals surface area contributed by atoms with Crippen molar-refractivity contribution in [2.45, 2.75) is 38.6 Å². The van der Waals surface area contributed by atoms with Gasteiger partial charge in [-0.05, 0) is 56.3 Å². The molecule has 0 spiro atoms. The van der Waals surface area contributed by atoms with E-state index < -0.39 is 0 Å². The highest BCUT2D eigenvalue weighted by Gasteiger charge is 2.33. The van der Waals surface area contributed by atoms with Gasteiger partial charge >= 0.3 is 0 Å². The molecule has 0 saturated carbocycles. The van der Waals surface area contributed by atoms with Gasteiger partial charge in [-0.15, -0.1) is 0 Å². The van der Waals surface area contributed by atoms with Crippen molar-refractivity contribution in [1.82, 2.24) is 4.90 Å². The molecule has 2 rings (SSSR count). The number of hydrogen-bond acceptors (Lipinski definition) is 2. The van der Waals surface area contributed by atoms with Gasteiger partial charge in [0.05, 0.1) is 0 Å². The van der Waals surface area contributed by atoms with Crippen LogP contribution in [-0.4, -0.2) is 30.1 Å². The Balaban J connectivity index is 2.10. The number of halogens is 1. The fourth-order valence-corrected chi connectivity index (χ4v) is 3.30. The summed E-state index contributed by atoms with van der Waals surface area (Å²) in [7, 11) is 0. The summed E-state index contributed by atoms with van der Waals surface area (Å²) in [5, 5.41) is 0. The molecular formula is C16H25BrN2. The third-order valence-electron chi connectivity index (χ3n) is 4.36. The van der Waals surface area contributed by atoms with Crippen LogP contribution in [-0.2, 0) is 6.42 Å². The van der Waals surface area contributed by atoms with E-state index in [1.165, 1.54) is 31.5 Å². The van der Waals surface area contributed by atoms with Crippen molar-refractivity contribution in [2.24, 2.45) is 11.7 Å². The normalized spacial score (nSPS) is 24.1. The van der Waals surface area contributed by atoms with Gasteiger partial charge < -0.3 is 5.73 Å². The minimum atomic E-state index is 0.0858. The second-order valence-corrected chi connectivity index (χ2v) is 7.11. The summed E-state index contributed by atoms with van der Waals surface area (Å²) in [5.74, 6) is 0.796. The Hall–Kier alpha value is -0.380. The van der Waals surface area contributed by atoms with Gasteiger partial charge in [0.25, 0.3) is 0 Å². The van der Waals surface area contributed by atoms with E-state index in [-0.39, 0.29) is 5.54 Å². The Bertz CT molecular complexity index is 404. The van der Waals surface area contributed by atoms with E-state index in [1.807, 2.05) is 0 Å². The molecule has 1 aliphatic rings. The molecule has 0 radical (unpaired) electrons. The van der Waals surface area contributed by atoms with Crippen LogP contribution >= 0.6 is 15.9 Å². The summed E-state index contributed by atoms with van der Waals surface area (Å²) >= 11 is 3.49. The molecule has 2 nitrogen and oxygen atoms in total. The Morgan fingerprint density at radius 1 is 1.37 bits per heavy atom. The fourth-order valence-electron chi connectivity index (χ4n) is 3.03. The predicted octanol–water partition coefficient (Wildman–Crippen LogP) is 3.44. The van der Waals surface area contributed by atoms with Crippen LogP contribution in [0.5, 0.6) is 0 Å². The topological polar surface area (TPSA) is 29.3 Å². The molecule has 1 aromatic rings. The Morgan fingerprint density at radius 3 is 2.63 bits per heavy atom. The van der Waals surface area contributed by atoms with Gasteiger partial charge in [0.2, 0.25) is 0 Å². The molecule has 3 heteroatoms. The number of nitrogens with zero attached hydrogens (tertiary/aromatic N) is 1.